The van der Waals surface area contributed by atoms with Gasteiger partial charge in [-0.25, -0.2) is 12.8 Å². The molecule has 9 heteroatoms. The summed E-state index contributed by atoms with van der Waals surface area (Å²) in [4.78, 5) is 15.9. The van der Waals surface area contributed by atoms with Gasteiger partial charge in [-0.1, -0.05) is 30.3 Å². The molecule has 0 bridgehead atoms. The number of aliphatic hydroxyl groups is 1. The Morgan fingerprint density at radius 2 is 1.67 bits per heavy atom. The number of carbonyl (C=O) groups is 1. The summed E-state index contributed by atoms with van der Waals surface area (Å²) < 4.78 is 40.6. The molecule has 7 nitrogen and oxygen atoms in total. The third kappa shape index (κ3) is 5.16. The summed E-state index contributed by atoms with van der Waals surface area (Å²) in [6.07, 6.45) is -0.610. The zero-order chi connectivity index (χ0) is 21.7. The molecular formula is C21H26FN3O4S. The average molecular weight is 436 g/mol. The van der Waals surface area contributed by atoms with Crippen molar-refractivity contribution in [3.05, 3.63) is 60.4 Å². The molecule has 0 spiro atoms. The van der Waals surface area contributed by atoms with Gasteiger partial charge in [0.2, 0.25) is 15.9 Å². The van der Waals surface area contributed by atoms with Crippen molar-refractivity contribution in [3.63, 3.8) is 0 Å². The van der Waals surface area contributed by atoms with Gasteiger partial charge in [0, 0.05) is 38.4 Å². The van der Waals surface area contributed by atoms with Crippen LogP contribution < -0.4 is 4.90 Å². The van der Waals surface area contributed by atoms with Gasteiger partial charge in [0.1, 0.15) is 10.7 Å². The second-order valence-electron chi connectivity index (χ2n) is 7.28. The van der Waals surface area contributed by atoms with Gasteiger partial charge < -0.3 is 14.9 Å². The molecule has 1 amide bonds. The molecule has 0 aliphatic carbocycles. The zero-order valence-electron chi connectivity index (χ0n) is 16.8. The summed E-state index contributed by atoms with van der Waals surface area (Å²) in [7, 11) is -3.95. The minimum atomic E-state index is -3.95. The van der Waals surface area contributed by atoms with Gasteiger partial charge in [0.15, 0.2) is 0 Å². The molecule has 1 fully saturated rings. The van der Waals surface area contributed by atoms with E-state index in [4.69, 9.17) is 0 Å². The van der Waals surface area contributed by atoms with Gasteiger partial charge in [-0.05, 0) is 31.2 Å². The maximum atomic E-state index is 14.0. The maximum Gasteiger partial charge on any atom is 0.246 e. The van der Waals surface area contributed by atoms with E-state index in [0.29, 0.717) is 6.54 Å². The highest BCUT2D eigenvalue weighted by Gasteiger charge is 2.32. The highest BCUT2D eigenvalue weighted by Crippen LogP contribution is 2.21. The summed E-state index contributed by atoms with van der Waals surface area (Å²) in [5.74, 6) is -0.935. The quantitative estimate of drug-likeness (QED) is 0.714. The molecule has 3 rings (SSSR count). The molecule has 2 aromatic carbocycles. The summed E-state index contributed by atoms with van der Waals surface area (Å²) in [5.41, 5.74) is 0.826. The number of rotatable bonds is 7. The summed E-state index contributed by atoms with van der Waals surface area (Å²) in [6, 6.07) is 14.6. The van der Waals surface area contributed by atoms with E-state index in [1.807, 2.05) is 30.3 Å². The molecule has 1 heterocycles. The fraction of sp³-hybridized carbons (Fsp3) is 0.381. The van der Waals surface area contributed by atoms with E-state index in [1.165, 1.54) is 22.5 Å². The predicted molar refractivity (Wildman–Crippen MR) is 112 cm³/mol. The summed E-state index contributed by atoms with van der Waals surface area (Å²) >= 11 is 0. The molecule has 1 N–H and O–H groups in total. The topological polar surface area (TPSA) is 81.2 Å². The molecule has 1 aliphatic heterocycles. The van der Waals surface area contributed by atoms with Crippen LogP contribution in [0.1, 0.15) is 6.92 Å². The highest BCUT2D eigenvalue weighted by atomic mass is 32.2. The zero-order valence-corrected chi connectivity index (χ0v) is 17.6. The van der Waals surface area contributed by atoms with Crippen LogP contribution in [0.3, 0.4) is 0 Å². The minimum Gasteiger partial charge on any atom is -0.392 e. The van der Waals surface area contributed by atoms with Crippen molar-refractivity contribution in [1.29, 1.82) is 0 Å². The highest BCUT2D eigenvalue weighted by molar-refractivity contribution is 7.89. The van der Waals surface area contributed by atoms with E-state index >= 15 is 0 Å². The first-order valence-corrected chi connectivity index (χ1v) is 11.2. The van der Waals surface area contributed by atoms with Gasteiger partial charge in [-0.3, -0.25) is 4.79 Å². The number of halogens is 1. The molecule has 162 valence electrons. The van der Waals surface area contributed by atoms with Crippen molar-refractivity contribution in [1.82, 2.24) is 9.21 Å². The number of carbonyl (C=O) groups excluding carboxylic acids is 1. The van der Waals surface area contributed by atoms with Crippen LogP contribution in [0.25, 0.3) is 0 Å². The Balaban J connectivity index is 1.64. The Hall–Kier alpha value is -2.49. The van der Waals surface area contributed by atoms with Gasteiger partial charge in [-0.15, -0.1) is 0 Å². The number of aliphatic hydroxyl groups excluding tert-OH is 1. The van der Waals surface area contributed by atoms with Crippen LogP contribution in [0.5, 0.6) is 0 Å². The molecule has 30 heavy (non-hydrogen) atoms. The third-order valence-corrected chi connectivity index (χ3v) is 6.91. The summed E-state index contributed by atoms with van der Waals surface area (Å²) in [6.45, 7) is 2.70. The number of benzene rings is 2. The fourth-order valence-corrected chi connectivity index (χ4v) is 4.94. The van der Waals surface area contributed by atoms with E-state index in [-0.39, 0.29) is 43.5 Å². The van der Waals surface area contributed by atoms with Gasteiger partial charge in [0.25, 0.3) is 0 Å². The fourth-order valence-electron chi connectivity index (χ4n) is 3.45. The number of sulfonamides is 1. The van der Waals surface area contributed by atoms with Crippen molar-refractivity contribution in [2.75, 3.05) is 44.2 Å². The van der Waals surface area contributed by atoms with E-state index in [0.717, 1.165) is 11.8 Å². The molecule has 1 atom stereocenters. The monoisotopic (exact) mass is 435 g/mol. The molecule has 2 aromatic rings. The minimum absolute atomic E-state index is 0.0783. The molecule has 1 unspecified atom stereocenters. The first kappa shape index (κ1) is 22.2. The number of nitrogens with zero attached hydrogens (tertiary/aromatic N) is 3. The Bertz CT molecular complexity index is 961. The lowest BCUT2D eigenvalue weighted by molar-refractivity contribution is -0.130. The molecule has 1 saturated heterocycles. The smallest absolute Gasteiger partial charge is 0.246 e. The lowest BCUT2D eigenvalue weighted by Crippen LogP contribution is -2.53. The number of anilines is 1. The molecule has 0 aromatic heterocycles. The van der Waals surface area contributed by atoms with Crippen LogP contribution in [-0.2, 0) is 14.8 Å². The van der Waals surface area contributed by atoms with Crippen molar-refractivity contribution < 1.29 is 22.7 Å². The van der Waals surface area contributed by atoms with Crippen LogP contribution in [0.15, 0.2) is 59.5 Å². The third-order valence-electron chi connectivity index (χ3n) is 4.98. The predicted octanol–water partition coefficient (Wildman–Crippen LogP) is 1.55. The van der Waals surface area contributed by atoms with Gasteiger partial charge >= 0.3 is 0 Å². The van der Waals surface area contributed by atoms with Gasteiger partial charge in [0.05, 0.1) is 12.6 Å². The van der Waals surface area contributed by atoms with Crippen molar-refractivity contribution in [2.24, 2.45) is 0 Å². The van der Waals surface area contributed by atoms with E-state index in [1.54, 1.807) is 16.7 Å². The lowest BCUT2D eigenvalue weighted by Gasteiger charge is -2.35. The van der Waals surface area contributed by atoms with Crippen LogP contribution in [-0.4, -0.2) is 74.0 Å². The summed E-state index contributed by atoms with van der Waals surface area (Å²) in [5, 5.41) is 9.79. The average Bonchev–Trinajstić information content (AvgIpc) is 2.74. The van der Waals surface area contributed by atoms with Crippen LogP contribution in [0, 0.1) is 5.82 Å². The van der Waals surface area contributed by atoms with Crippen molar-refractivity contribution in [3.8, 4) is 0 Å². The lowest BCUT2D eigenvalue weighted by atomic mass is 10.2. The standard InChI is InChI=1S/C21H26FN3O4S/c1-17(26)15-24(18-7-3-2-4-8-18)16-21(27)23-11-13-25(14-12-23)30(28,29)20-10-6-5-9-19(20)22/h2-10,17,26H,11-16H2,1H3. The Morgan fingerprint density at radius 1 is 1.07 bits per heavy atom. The number of piperazine rings is 1. The number of para-hydroxylation sites is 1. The molecule has 0 radical (unpaired) electrons. The largest absolute Gasteiger partial charge is 0.392 e. The Labute approximate surface area is 176 Å². The van der Waals surface area contributed by atoms with E-state index in [2.05, 4.69) is 0 Å². The first-order chi connectivity index (χ1) is 14.3. The van der Waals surface area contributed by atoms with Crippen LogP contribution >= 0.6 is 0 Å². The molecule has 0 saturated carbocycles. The van der Waals surface area contributed by atoms with Crippen molar-refractivity contribution in [2.45, 2.75) is 17.9 Å². The molecular weight excluding hydrogens is 409 g/mol. The Kier molecular flexibility index (Phi) is 7.06. The molecule has 1 aliphatic rings. The second-order valence-corrected chi connectivity index (χ2v) is 9.19. The van der Waals surface area contributed by atoms with Crippen molar-refractivity contribution >= 4 is 21.6 Å². The van der Waals surface area contributed by atoms with E-state index < -0.39 is 21.9 Å². The maximum absolute atomic E-state index is 14.0. The first-order valence-electron chi connectivity index (χ1n) is 9.79. The number of hydrogen-bond donors (Lipinski definition) is 1. The normalized spacial score (nSPS) is 16.3. The van der Waals surface area contributed by atoms with E-state index in [9.17, 15) is 22.7 Å². The van der Waals surface area contributed by atoms with Crippen LogP contribution in [0.2, 0.25) is 0 Å². The Morgan fingerprint density at radius 3 is 2.27 bits per heavy atom. The second kappa shape index (κ2) is 9.55. The SMILES string of the molecule is CC(O)CN(CC(=O)N1CCN(S(=O)(=O)c2ccccc2F)CC1)c1ccccc1. The van der Waals surface area contributed by atoms with Gasteiger partial charge in [-0.2, -0.15) is 4.31 Å². The van der Waals surface area contributed by atoms with Crippen LogP contribution in [0.4, 0.5) is 10.1 Å². The number of amides is 1. The number of hydrogen-bond acceptors (Lipinski definition) is 5.